The van der Waals surface area contributed by atoms with Gasteiger partial charge in [-0.3, -0.25) is 4.79 Å². The summed E-state index contributed by atoms with van der Waals surface area (Å²) in [5.41, 5.74) is 0.0417. The molecular weight excluding hydrogens is 136 g/mol. The fourth-order valence-corrected chi connectivity index (χ4v) is 0.863. The number of carbonyl (C=O) groups is 1. The van der Waals surface area contributed by atoms with E-state index in [2.05, 4.69) is 0 Å². The van der Waals surface area contributed by atoms with Crippen molar-refractivity contribution in [3.63, 3.8) is 0 Å². The largest absolute Gasteiger partial charge is 0.509 e. The second kappa shape index (κ2) is 2.07. The lowest BCUT2D eigenvalue weighted by atomic mass is 10.2. The third-order valence-corrected chi connectivity index (χ3v) is 1.60. The zero-order valence-corrected chi connectivity index (χ0v) is 5.40. The van der Waals surface area contributed by atoms with Crippen molar-refractivity contribution in [3.05, 3.63) is 11.3 Å². The Hall–Kier alpha value is -0.870. The highest BCUT2D eigenvalue weighted by Crippen LogP contribution is 2.20. The molecule has 0 saturated heterocycles. The summed E-state index contributed by atoms with van der Waals surface area (Å²) in [7, 11) is 0. The van der Waals surface area contributed by atoms with Crippen molar-refractivity contribution in [1.29, 1.82) is 0 Å². The summed E-state index contributed by atoms with van der Waals surface area (Å²) < 4.78 is 0. The van der Waals surface area contributed by atoms with E-state index >= 15 is 0 Å². The number of hydrogen-bond acceptors (Lipinski definition) is 4. The normalized spacial score (nSPS) is 33.7. The number of Topliss-reactive ketones (excluding diaryl/α,β-unsaturated/α-hetero) is 1. The summed E-state index contributed by atoms with van der Waals surface area (Å²) in [6.45, 7) is 1.36. The van der Waals surface area contributed by atoms with Crippen molar-refractivity contribution in [2.45, 2.75) is 19.1 Å². The lowest BCUT2D eigenvalue weighted by Crippen LogP contribution is -2.27. The summed E-state index contributed by atoms with van der Waals surface area (Å²) in [5.74, 6) is -1.03. The molecule has 0 bridgehead atoms. The highest BCUT2D eigenvalue weighted by Gasteiger charge is 2.37. The maximum atomic E-state index is 10.7. The maximum Gasteiger partial charge on any atom is 0.193 e. The average Bonchev–Trinajstić information content (AvgIpc) is 2.07. The Labute approximate surface area is 57.4 Å². The highest BCUT2D eigenvalue weighted by molar-refractivity contribution is 6.02. The van der Waals surface area contributed by atoms with Crippen molar-refractivity contribution >= 4 is 5.78 Å². The van der Waals surface area contributed by atoms with Crippen LogP contribution in [0.5, 0.6) is 0 Å². The molecule has 0 aromatic rings. The summed E-state index contributed by atoms with van der Waals surface area (Å²) >= 11 is 0. The third kappa shape index (κ3) is 0.732. The predicted molar refractivity (Wildman–Crippen MR) is 32.3 cm³/mol. The maximum absolute atomic E-state index is 10.7. The van der Waals surface area contributed by atoms with Gasteiger partial charge in [-0.2, -0.15) is 0 Å². The second-order valence-electron chi connectivity index (χ2n) is 2.26. The molecule has 0 aromatic carbocycles. The lowest BCUT2D eigenvalue weighted by molar-refractivity contribution is -0.125. The molecule has 0 fully saturated rings. The van der Waals surface area contributed by atoms with Crippen LogP contribution in [0.4, 0.5) is 0 Å². The summed E-state index contributed by atoms with van der Waals surface area (Å²) in [5, 5.41) is 26.5. The van der Waals surface area contributed by atoms with Gasteiger partial charge in [-0.25, -0.2) is 0 Å². The highest BCUT2D eigenvalue weighted by atomic mass is 16.4. The summed E-state index contributed by atoms with van der Waals surface area (Å²) in [6.07, 6.45) is -2.90. The third-order valence-electron chi connectivity index (χ3n) is 1.60. The van der Waals surface area contributed by atoms with Crippen LogP contribution in [-0.4, -0.2) is 33.3 Å². The number of ketones is 1. The Balaban J connectivity index is 2.99. The Morgan fingerprint density at radius 3 is 1.90 bits per heavy atom. The van der Waals surface area contributed by atoms with Gasteiger partial charge in [0.05, 0.1) is 0 Å². The van der Waals surface area contributed by atoms with E-state index in [9.17, 15) is 4.79 Å². The number of carbonyl (C=O) groups excluding carboxylic acids is 1. The molecule has 10 heavy (non-hydrogen) atoms. The molecule has 0 unspecified atom stereocenters. The Bertz CT molecular complexity index is 206. The van der Waals surface area contributed by atoms with Gasteiger partial charge < -0.3 is 15.3 Å². The molecular formula is C6H8O4. The first kappa shape index (κ1) is 7.24. The van der Waals surface area contributed by atoms with E-state index < -0.39 is 23.8 Å². The molecule has 1 rings (SSSR count). The Morgan fingerprint density at radius 1 is 1.30 bits per heavy atom. The zero-order chi connectivity index (χ0) is 7.89. The van der Waals surface area contributed by atoms with Crippen molar-refractivity contribution in [1.82, 2.24) is 0 Å². The van der Waals surface area contributed by atoms with Crippen molar-refractivity contribution < 1.29 is 20.1 Å². The SMILES string of the molecule is CC1=C(O)[C@@H](O)[C@@H](O)C1=O. The van der Waals surface area contributed by atoms with E-state index in [-0.39, 0.29) is 5.57 Å². The van der Waals surface area contributed by atoms with Crippen molar-refractivity contribution in [3.8, 4) is 0 Å². The van der Waals surface area contributed by atoms with Gasteiger partial charge in [0.25, 0.3) is 0 Å². The molecule has 0 aliphatic heterocycles. The van der Waals surface area contributed by atoms with Gasteiger partial charge in [0.1, 0.15) is 18.0 Å². The molecule has 4 heteroatoms. The van der Waals surface area contributed by atoms with E-state index in [1.165, 1.54) is 6.92 Å². The summed E-state index contributed by atoms with van der Waals surface area (Å²) in [4.78, 5) is 10.7. The van der Waals surface area contributed by atoms with Gasteiger partial charge in [-0.15, -0.1) is 0 Å². The smallest absolute Gasteiger partial charge is 0.193 e. The molecule has 4 nitrogen and oxygen atoms in total. The minimum absolute atomic E-state index is 0.0417. The van der Waals surface area contributed by atoms with Gasteiger partial charge in [0.15, 0.2) is 5.78 Å². The van der Waals surface area contributed by atoms with E-state index in [1.54, 1.807) is 0 Å². The van der Waals surface area contributed by atoms with Gasteiger partial charge in [-0.05, 0) is 6.92 Å². The quantitative estimate of drug-likeness (QED) is 0.412. The molecule has 1 aliphatic rings. The minimum atomic E-state index is -1.47. The molecule has 56 valence electrons. The number of aliphatic hydroxyl groups excluding tert-OH is 3. The molecule has 1 aliphatic carbocycles. The molecule has 2 atom stereocenters. The van der Waals surface area contributed by atoms with Crippen LogP contribution in [0.15, 0.2) is 11.3 Å². The topological polar surface area (TPSA) is 77.8 Å². The van der Waals surface area contributed by atoms with E-state index in [0.717, 1.165) is 0 Å². The van der Waals surface area contributed by atoms with Crippen LogP contribution >= 0.6 is 0 Å². The van der Waals surface area contributed by atoms with E-state index in [0.29, 0.717) is 0 Å². The fourth-order valence-electron chi connectivity index (χ4n) is 0.863. The minimum Gasteiger partial charge on any atom is -0.509 e. The van der Waals surface area contributed by atoms with Gasteiger partial charge >= 0.3 is 0 Å². The number of hydrogen-bond donors (Lipinski definition) is 3. The van der Waals surface area contributed by atoms with Crippen LogP contribution in [-0.2, 0) is 4.79 Å². The molecule has 3 N–H and O–H groups in total. The van der Waals surface area contributed by atoms with E-state index in [4.69, 9.17) is 15.3 Å². The number of rotatable bonds is 0. The standard InChI is InChI=1S/C6H8O4/c1-2-3(7)5(9)6(10)4(2)8/h5-7,9-10H,1H3/t5-,6+/m1/s1. The van der Waals surface area contributed by atoms with Crippen LogP contribution in [0.2, 0.25) is 0 Å². The van der Waals surface area contributed by atoms with Crippen LogP contribution in [0.1, 0.15) is 6.92 Å². The van der Waals surface area contributed by atoms with E-state index in [1.807, 2.05) is 0 Å². The van der Waals surface area contributed by atoms with Crippen molar-refractivity contribution in [2.24, 2.45) is 0 Å². The summed E-state index contributed by atoms with van der Waals surface area (Å²) in [6, 6.07) is 0. The van der Waals surface area contributed by atoms with Gasteiger partial charge in [-0.1, -0.05) is 0 Å². The molecule has 0 radical (unpaired) electrons. The number of aliphatic hydroxyl groups is 3. The first-order valence-corrected chi connectivity index (χ1v) is 2.85. The Kier molecular flexibility index (Phi) is 1.50. The van der Waals surface area contributed by atoms with Gasteiger partial charge in [0.2, 0.25) is 0 Å². The first-order valence-electron chi connectivity index (χ1n) is 2.85. The van der Waals surface area contributed by atoms with Crippen LogP contribution in [0.3, 0.4) is 0 Å². The molecule has 0 saturated carbocycles. The first-order chi connectivity index (χ1) is 4.55. The fraction of sp³-hybridized carbons (Fsp3) is 0.500. The van der Waals surface area contributed by atoms with Crippen LogP contribution in [0, 0.1) is 0 Å². The Morgan fingerprint density at radius 2 is 1.80 bits per heavy atom. The molecule has 0 spiro atoms. The molecule has 0 aromatic heterocycles. The van der Waals surface area contributed by atoms with Crippen LogP contribution < -0.4 is 0 Å². The van der Waals surface area contributed by atoms with Gasteiger partial charge in [0, 0.05) is 5.57 Å². The molecule has 0 heterocycles. The lowest BCUT2D eigenvalue weighted by Gasteiger charge is -2.04. The predicted octanol–water partition coefficient (Wildman–Crippen LogP) is -0.877. The molecule has 0 amide bonds. The van der Waals surface area contributed by atoms with Crippen molar-refractivity contribution in [2.75, 3.05) is 0 Å². The second-order valence-corrected chi connectivity index (χ2v) is 2.26. The average molecular weight is 144 g/mol. The van der Waals surface area contributed by atoms with Crippen LogP contribution in [0.25, 0.3) is 0 Å². The monoisotopic (exact) mass is 144 g/mol. The zero-order valence-electron chi connectivity index (χ0n) is 5.40.